The molecule has 0 fully saturated rings. The Balaban J connectivity index is 1.87. The van der Waals surface area contributed by atoms with Gasteiger partial charge in [-0.2, -0.15) is 0 Å². The SMILES string of the molecule is Cc1cc(N)nc(C)c1Cn1cncc1Cc1ccccc1. The van der Waals surface area contributed by atoms with Gasteiger partial charge >= 0.3 is 0 Å². The fourth-order valence-corrected chi connectivity index (χ4v) is 2.74. The second-order valence-corrected chi connectivity index (χ2v) is 5.60. The Morgan fingerprint density at radius 3 is 2.64 bits per heavy atom. The summed E-state index contributed by atoms with van der Waals surface area (Å²) in [6, 6.07) is 12.4. The first kappa shape index (κ1) is 14.3. The van der Waals surface area contributed by atoms with Crippen molar-refractivity contribution in [2.24, 2.45) is 0 Å². The fraction of sp³-hybridized carbons (Fsp3) is 0.222. The van der Waals surface area contributed by atoms with Crippen LogP contribution in [0.2, 0.25) is 0 Å². The summed E-state index contributed by atoms with van der Waals surface area (Å²) in [5, 5.41) is 0. The zero-order chi connectivity index (χ0) is 15.5. The normalized spacial score (nSPS) is 10.8. The van der Waals surface area contributed by atoms with Crippen molar-refractivity contribution in [3.63, 3.8) is 0 Å². The average molecular weight is 292 g/mol. The molecule has 0 atom stereocenters. The molecule has 0 saturated carbocycles. The lowest BCUT2D eigenvalue weighted by atomic mass is 10.1. The van der Waals surface area contributed by atoms with Crippen LogP contribution < -0.4 is 5.73 Å². The minimum Gasteiger partial charge on any atom is -0.384 e. The van der Waals surface area contributed by atoms with Gasteiger partial charge in [-0.15, -0.1) is 0 Å². The number of nitrogens with two attached hydrogens (primary N) is 1. The molecule has 0 unspecified atom stereocenters. The number of nitrogen functional groups attached to an aromatic ring is 1. The van der Waals surface area contributed by atoms with Crippen molar-refractivity contribution in [2.75, 3.05) is 5.73 Å². The Morgan fingerprint density at radius 1 is 1.14 bits per heavy atom. The van der Waals surface area contributed by atoms with Crippen LogP contribution in [0.1, 0.15) is 28.1 Å². The molecule has 0 aliphatic heterocycles. The van der Waals surface area contributed by atoms with E-state index in [0.717, 1.165) is 18.7 Å². The molecule has 0 saturated heterocycles. The Hall–Kier alpha value is -2.62. The fourth-order valence-electron chi connectivity index (χ4n) is 2.74. The van der Waals surface area contributed by atoms with Crippen molar-refractivity contribution in [3.05, 3.63) is 77.0 Å². The maximum Gasteiger partial charge on any atom is 0.123 e. The summed E-state index contributed by atoms with van der Waals surface area (Å²) in [4.78, 5) is 8.68. The lowest BCUT2D eigenvalue weighted by molar-refractivity contribution is 0.741. The molecule has 0 amide bonds. The molecule has 0 aliphatic carbocycles. The Morgan fingerprint density at radius 2 is 1.91 bits per heavy atom. The van der Waals surface area contributed by atoms with Gasteiger partial charge in [0.25, 0.3) is 0 Å². The largest absolute Gasteiger partial charge is 0.384 e. The van der Waals surface area contributed by atoms with Crippen molar-refractivity contribution in [1.29, 1.82) is 0 Å². The van der Waals surface area contributed by atoms with Crippen LogP contribution in [0, 0.1) is 13.8 Å². The number of imidazole rings is 1. The van der Waals surface area contributed by atoms with Crippen molar-refractivity contribution < 1.29 is 0 Å². The van der Waals surface area contributed by atoms with E-state index >= 15 is 0 Å². The Kier molecular flexibility index (Phi) is 3.92. The summed E-state index contributed by atoms with van der Waals surface area (Å²) in [5.41, 5.74) is 11.6. The lowest BCUT2D eigenvalue weighted by Gasteiger charge is -2.13. The van der Waals surface area contributed by atoms with Crippen molar-refractivity contribution >= 4 is 5.82 Å². The zero-order valence-electron chi connectivity index (χ0n) is 13.0. The van der Waals surface area contributed by atoms with Gasteiger partial charge in [0, 0.05) is 24.0 Å². The molecular weight excluding hydrogens is 272 g/mol. The molecule has 0 spiro atoms. The summed E-state index contributed by atoms with van der Waals surface area (Å²) < 4.78 is 2.18. The third kappa shape index (κ3) is 3.01. The van der Waals surface area contributed by atoms with Crippen LogP contribution in [-0.4, -0.2) is 14.5 Å². The molecule has 112 valence electrons. The summed E-state index contributed by atoms with van der Waals surface area (Å²) in [6.45, 7) is 4.85. The van der Waals surface area contributed by atoms with Crippen LogP contribution in [0.15, 0.2) is 48.9 Å². The van der Waals surface area contributed by atoms with Gasteiger partial charge in [-0.1, -0.05) is 30.3 Å². The van der Waals surface area contributed by atoms with Crippen molar-refractivity contribution in [1.82, 2.24) is 14.5 Å². The van der Waals surface area contributed by atoms with Crippen LogP contribution in [0.25, 0.3) is 0 Å². The Bertz CT molecular complexity index is 752. The van der Waals surface area contributed by atoms with Gasteiger partial charge < -0.3 is 10.3 Å². The number of pyridine rings is 1. The van der Waals surface area contributed by atoms with E-state index in [1.165, 1.54) is 22.4 Å². The van der Waals surface area contributed by atoms with Crippen LogP contribution in [0.4, 0.5) is 5.82 Å². The van der Waals surface area contributed by atoms with E-state index in [-0.39, 0.29) is 0 Å². The second-order valence-electron chi connectivity index (χ2n) is 5.60. The number of anilines is 1. The molecule has 2 aromatic heterocycles. The number of hydrogen-bond donors (Lipinski definition) is 1. The molecule has 0 aliphatic rings. The van der Waals surface area contributed by atoms with Gasteiger partial charge in [-0.05, 0) is 36.6 Å². The van der Waals surface area contributed by atoms with Crippen LogP contribution in [-0.2, 0) is 13.0 Å². The molecule has 2 heterocycles. The molecule has 0 radical (unpaired) electrons. The first-order chi connectivity index (χ1) is 10.6. The molecule has 22 heavy (non-hydrogen) atoms. The lowest BCUT2D eigenvalue weighted by Crippen LogP contribution is -2.08. The van der Waals surface area contributed by atoms with Gasteiger partial charge in [0.2, 0.25) is 0 Å². The van der Waals surface area contributed by atoms with Gasteiger partial charge in [0.15, 0.2) is 0 Å². The van der Waals surface area contributed by atoms with E-state index in [0.29, 0.717) is 5.82 Å². The molecule has 2 N–H and O–H groups in total. The second kappa shape index (κ2) is 6.02. The highest BCUT2D eigenvalue weighted by Gasteiger charge is 2.09. The molecule has 0 bridgehead atoms. The minimum absolute atomic E-state index is 0.578. The van der Waals surface area contributed by atoms with E-state index in [2.05, 4.69) is 45.7 Å². The Labute approximate surface area is 130 Å². The molecule has 4 heteroatoms. The number of aromatic nitrogens is 3. The number of rotatable bonds is 4. The number of nitrogens with zero attached hydrogens (tertiary/aromatic N) is 3. The smallest absolute Gasteiger partial charge is 0.123 e. The predicted molar refractivity (Wildman–Crippen MR) is 88.7 cm³/mol. The highest BCUT2D eigenvalue weighted by Crippen LogP contribution is 2.18. The molecular formula is C18H20N4. The molecule has 3 rings (SSSR count). The van der Waals surface area contributed by atoms with E-state index in [1.807, 2.05) is 31.6 Å². The van der Waals surface area contributed by atoms with E-state index < -0.39 is 0 Å². The minimum atomic E-state index is 0.578. The zero-order valence-corrected chi connectivity index (χ0v) is 13.0. The van der Waals surface area contributed by atoms with Crippen molar-refractivity contribution in [3.8, 4) is 0 Å². The number of aryl methyl sites for hydroxylation is 2. The standard InChI is InChI=1S/C18H20N4/c1-13-8-18(19)21-14(2)17(13)11-22-12-20-10-16(22)9-15-6-4-3-5-7-15/h3-8,10,12H,9,11H2,1-2H3,(H2,19,21). The summed E-state index contributed by atoms with van der Waals surface area (Å²) in [5.74, 6) is 0.578. The van der Waals surface area contributed by atoms with Crippen molar-refractivity contribution in [2.45, 2.75) is 26.8 Å². The molecule has 3 aromatic rings. The predicted octanol–water partition coefficient (Wildman–Crippen LogP) is 3.12. The van der Waals surface area contributed by atoms with Gasteiger partial charge in [-0.3, -0.25) is 0 Å². The maximum absolute atomic E-state index is 5.80. The first-order valence-electron chi connectivity index (χ1n) is 7.39. The summed E-state index contributed by atoms with van der Waals surface area (Å²) in [7, 11) is 0. The van der Waals surface area contributed by atoms with Crippen LogP contribution in [0.5, 0.6) is 0 Å². The first-order valence-corrected chi connectivity index (χ1v) is 7.39. The summed E-state index contributed by atoms with van der Waals surface area (Å²) >= 11 is 0. The van der Waals surface area contributed by atoms with E-state index in [9.17, 15) is 0 Å². The average Bonchev–Trinajstić information content (AvgIpc) is 2.91. The van der Waals surface area contributed by atoms with E-state index in [1.54, 1.807) is 0 Å². The quantitative estimate of drug-likeness (QED) is 0.804. The number of hydrogen-bond acceptors (Lipinski definition) is 3. The maximum atomic E-state index is 5.80. The van der Waals surface area contributed by atoms with Gasteiger partial charge in [0.05, 0.1) is 12.9 Å². The molecule has 1 aromatic carbocycles. The highest BCUT2D eigenvalue weighted by atomic mass is 15.0. The van der Waals surface area contributed by atoms with Gasteiger partial charge in [0.1, 0.15) is 5.82 Å². The topological polar surface area (TPSA) is 56.7 Å². The van der Waals surface area contributed by atoms with Crippen LogP contribution >= 0.6 is 0 Å². The highest BCUT2D eigenvalue weighted by molar-refractivity contribution is 5.40. The third-order valence-electron chi connectivity index (χ3n) is 3.93. The van der Waals surface area contributed by atoms with Crippen LogP contribution in [0.3, 0.4) is 0 Å². The monoisotopic (exact) mass is 292 g/mol. The third-order valence-corrected chi connectivity index (χ3v) is 3.93. The number of benzene rings is 1. The molecule has 4 nitrogen and oxygen atoms in total. The van der Waals surface area contributed by atoms with Gasteiger partial charge in [-0.25, -0.2) is 9.97 Å². The summed E-state index contributed by atoms with van der Waals surface area (Å²) in [6.07, 6.45) is 4.69. The van der Waals surface area contributed by atoms with E-state index in [4.69, 9.17) is 5.73 Å².